The highest BCUT2D eigenvalue weighted by atomic mass is 32.2. The highest BCUT2D eigenvalue weighted by Gasteiger charge is 2.36. The van der Waals surface area contributed by atoms with E-state index < -0.39 is 26.0 Å². The van der Waals surface area contributed by atoms with Gasteiger partial charge in [0, 0.05) is 58.3 Å². The molecule has 4 heterocycles. The van der Waals surface area contributed by atoms with Crippen LogP contribution in [0.3, 0.4) is 0 Å². The van der Waals surface area contributed by atoms with Crippen LogP contribution < -0.4 is 4.90 Å². The van der Waals surface area contributed by atoms with Gasteiger partial charge in [-0.3, -0.25) is 4.79 Å². The zero-order valence-corrected chi connectivity index (χ0v) is 24.0. The molecule has 0 aliphatic carbocycles. The van der Waals surface area contributed by atoms with E-state index in [4.69, 9.17) is 4.52 Å². The molecule has 0 spiro atoms. The normalized spacial score (nSPS) is 22.1. The summed E-state index contributed by atoms with van der Waals surface area (Å²) in [6, 6.07) is 5.89. The molecule has 214 valence electrons. The number of nitrogens with zero attached hydrogens (tertiary/aromatic N) is 6. The Kier molecular flexibility index (Phi) is 8.00. The van der Waals surface area contributed by atoms with E-state index in [2.05, 4.69) is 10.1 Å². The third-order valence-electron chi connectivity index (χ3n) is 7.71. The van der Waals surface area contributed by atoms with E-state index in [0.29, 0.717) is 70.5 Å². The Morgan fingerprint density at radius 3 is 1.97 bits per heavy atom. The quantitative estimate of drug-likeness (QED) is 0.479. The lowest BCUT2D eigenvalue weighted by Gasteiger charge is -2.38. The molecule has 14 heteroatoms. The lowest BCUT2D eigenvalue weighted by Crippen LogP contribution is -2.53. The van der Waals surface area contributed by atoms with Crippen molar-refractivity contribution in [2.45, 2.75) is 55.2 Å². The SMILES string of the molecule is CC(C)c1noc(N2CCN(C(=O)C3CCCN(S(=O)(=O)c4ccc(S(=O)(=O)N5CCCC5)cc4)C3)CC2)n1. The average molecular weight is 581 g/mol. The Hall–Kier alpha value is -2.55. The van der Waals surface area contributed by atoms with Crippen molar-refractivity contribution in [3.63, 3.8) is 0 Å². The maximum absolute atomic E-state index is 13.4. The van der Waals surface area contributed by atoms with Gasteiger partial charge in [0.05, 0.1) is 15.7 Å². The molecule has 0 radical (unpaired) electrons. The molecule has 0 N–H and O–H groups in total. The van der Waals surface area contributed by atoms with Gasteiger partial charge >= 0.3 is 6.01 Å². The molecule has 3 fully saturated rings. The molecule has 1 atom stereocenters. The summed E-state index contributed by atoms with van der Waals surface area (Å²) in [7, 11) is -7.50. The minimum atomic E-state index is -3.87. The zero-order chi connectivity index (χ0) is 27.8. The second kappa shape index (κ2) is 11.1. The average Bonchev–Trinajstić information content (AvgIpc) is 3.67. The maximum Gasteiger partial charge on any atom is 0.324 e. The molecule has 12 nitrogen and oxygen atoms in total. The van der Waals surface area contributed by atoms with Gasteiger partial charge in [-0.1, -0.05) is 19.0 Å². The minimum Gasteiger partial charge on any atom is -0.339 e. The molecule has 1 unspecified atom stereocenters. The first-order valence-corrected chi connectivity index (χ1v) is 16.4. The number of carbonyl (C=O) groups is 1. The van der Waals surface area contributed by atoms with Crippen molar-refractivity contribution in [2.75, 3.05) is 57.3 Å². The van der Waals surface area contributed by atoms with E-state index >= 15 is 0 Å². The predicted molar refractivity (Wildman–Crippen MR) is 143 cm³/mol. The summed E-state index contributed by atoms with van der Waals surface area (Å²) in [5.41, 5.74) is 0. The summed E-state index contributed by atoms with van der Waals surface area (Å²) in [6.45, 7) is 7.50. The lowest BCUT2D eigenvalue weighted by molar-refractivity contribution is -0.137. The molecule has 1 amide bonds. The maximum atomic E-state index is 13.4. The lowest BCUT2D eigenvalue weighted by atomic mass is 9.98. The standard InChI is InChI=1S/C25H36N6O6S2/c1-19(2)23-26-25(37-27-23)29-16-14-28(15-17-29)24(32)20-6-5-13-31(18-20)39(35,36)22-9-7-21(8-10-22)38(33,34)30-11-3-4-12-30/h7-10,19-20H,3-6,11-18H2,1-2H3. The molecule has 5 rings (SSSR count). The van der Waals surface area contributed by atoms with Gasteiger partial charge in [-0.05, 0) is 49.9 Å². The number of hydrogen-bond acceptors (Lipinski definition) is 9. The largest absolute Gasteiger partial charge is 0.339 e. The van der Waals surface area contributed by atoms with Gasteiger partial charge in [0.2, 0.25) is 26.0 Å². The predicted octanol–water partition coefficient (Wildman–Crippen LogP) is 1.73. The van der Waals surface area contributed by atoms with Gasteiger partial charge in [0.1, 0.15) is 0 Å². The fraction of sp³-hybridized carbons (Fsp3) is 0.640. The number of piperidine rings is 1. The number of sulfonamides is 2. The topological polar surface area (TPSA) is 137 Å². The molecule has 39 heavy (non-hydrogen) atoms. The Morgan fingerprint density at radius 1 is 0.846 bits per heavy atom. The number of anilines is 1. The highest BCUT2D eigenvalue weighted by molar-refractivity contribution is 7.89. The number of hydrogen-bond donors (Lipinski definition) is 0. The summed E-state index contributed by atoms with van der Waals surface area (Å²) < 4.78 is 60.6. The van der Waals surface area contributed by atoms with Gasteiger partial charge in [0.15, 0.2) is 5.82 Å². The summed E-state index contributed by atoms with van der Waals surface area (Å²) in [6.07, 6.45) is 2.86. The molecule has 3 aliphatic rings. The smallest absolute Gasteiger partial charge is 0.324 e. The highest BCUT2D eigenvalue weighted by Crippen LogP contribution is 2.28. The van der Waals surface area contributed by atoms with Crippen LogP contribution in [-0.4, -0.2) is 98.8 Å². The van der Waals surface area contributed by atoms with Crippen LogP contribution in [0.1, 0.15) is 51.3 Å². The molecule has 0 bridgehead atoms. The van der Waals surface area contributed by atoms with Gasteiger partial charge < -0.3 is 14.3 Å². The first-order chi connectivity index (χ1) is 18.6. The Balaban J connectivity index is 1.20. The van der Waals surface area contributed by atoms with Crippen molar-refractivity contribution >= 4 is 32.0 Å². The van der Waals surface area contributed by atoms with Crippen LogP contribution in [0.25, 0.3) is 0 Å². The van der Waals surface area contributed by atoms with E-state index in [1.54, 1.807) is 4.90 Å². The van der Waals surface area contributed by atoms with E-state index in [9.17, 15) is 21.6 Å². The third kappa shape index (κ3) is 5.70. The molecule has 1 aromatic heterocycles. The van der Waals surface area contributed by atoms with Gasteiger partial charge in [-0.2, -0.15) is 13.6 Å². The fourth-order valence-corrected chi connectivity index (χ4v) is 8.38. The number of aromatic nitrogens is 2. The molecule has 1 aromatic carbocycles. The van der Waals surface area contributed by atoms with Gasteiger partial charge in [0.25, 0.3) is 0 Å². The van der Waals surface area contributed by atoms with Crippen LogP contribution in [0.15, 0.2) is 38.6 Å². The van der Waals surface area contributed by atoms with Crippen LogP contribution in [0.5, 0.6) is 0 Å². The van der Waals surface area contributed by atoms with E-state index in [-0.39, 0.29) is 28.2 Å². The van der Waals surface area contributed by atoms with Gasteiger partial charge in [-0.25, -0.2) is 16.8 Å². The summed E-state index contributed by atoms with van der Waals surface area (Å²) in [5, 5.41) is 4.01. The first kappa shape index (κ1) is 28.0. The second-order valence-electron chi connectivity index (χ2n) is 10.7. The molecule has 0 saturated carbocycles. The van der Waals surface area contributed by atoms with Gasteiger partial charge in [-0.15, -0.1) is 0 Å². The number of benzene rings is 1. The van der Waals surface area contributed by atoms with Crippen molar-refractivity contribution in [3.8, 4) is 0 Å². The summed E-state index contributed by atoms with van der Waals surface area (Å²) in [5.74, 6) is 0.340. The molecule has 2 aromatic rings. The number of rotatable bonds is 7. The van der Waals surface area contributed by atoms with Crippen LogP contribution in [0.2, 0.25) is 0 Å². The molecular formula is C25H36N6O6S2. The number of carbonyl (C=O) groups excluding carboxylic acids is 1. The summed E-state index contributed by atoms with van der Waals surface area (Å²) in [4.78, 5) is 21.7. The Labute approximate surface area is 230 Å². The minimum absolute atomic E-state index is 0.0323. The van der Waals surface area contributed by atoms with Crippen LogP contribution in [0, 0.1) is 5.92 Å². The van der Waals surface area contributed by atoms with Crippen LogP contribution >= 0.6 is 0 Å². The molecular weight excluding hydrogens is 544 g/mol. The monoisotopic (exact) mass is 580 g/mol. The Morgan fingerprint density at radius 2 is 1.41 bits per heavy atom. The van der Waals surface area contributed by atoms with Crippen molar-refractivity contribution < 1.29 is 26.2 Å². The zero-order valence-electron chi connectivity index (χ0n) is 22.4. The number of piperazine rings is 1. The van der Waals surface area contributed by atoms with Crippen molar-refractivity contribution in [3.05, 3.63) is 30.1 Å². The van der Waals surface area contributed by atoms with Crippen molar-refractivity contribution in [1.29, 1.82) is 0 Å². The number of amides is 1. The summed E-state index contributed by atoms with van der Waals surface area (Å²) >= 11 is 0. The van der Waals surface area contributed by atoms with Crippen LogP contribution in [-0.2, 0) is 24.8 Å². The first-order valence-electron chi connectivity index (χ1n) is 13.5. The van der Waals surface area contributed by atoms with E-state index in [1.165, 1.54) is 32.9 Å². The van der Waals surface area contributed by atoms with E-state index in [0.717, 1.165) is 12.8 Å². The second-order valence-corrected chi connectivity index (χ2v) is 14.6. The third-order valence-corrected chi connectivity index (χ3v) is 11.5. The van der Waals surface area contributed by atoms with Crippen LogP contribution in [0.4, 0.5) is 6.01 Å². The molecule has 3 saturated heterocycles. The van der Waals surface area contributed by atoms with Crippen molar-refractivity contribution in [1.82, 2.24) is 23.7 Å². The molecule has 3 aliphatic heterocycles. The Bertz CT molecular complexity index is 1380. The van der Waals surface area contributed by atoms with E-state index in [1.807, 2.05) is 18.7 Å². The van der Waals surface area contributed by atoms with Crippen molar-refractivity contribution in [2.24, 2.45) is 5.92 Å². The fourth-order valence-electron chi connectivity index (χ4n) is 5.34.